The lowest BCUT2D eigenvalue weighted by atomic mass is 9.92. The highest BCUT2D eigenvalue weighted by Gasteiger charge is 2.58. The first-order valence-electron chi connectivity index (χ1n) is 8.63. The van der Waals surface area contributed by atoms with Crippen molar-refractivity contribution in [3.05, 3.63) is 65.2 Å². The van der Waals surface area contributed by atoms with E-state index >= 15 is 0 Å². The summed E-state index contributed by atoms with van der Waals surface area (Å²) in [5.41, 5.74) is 2.36. The number of rotatable bonds is 4. The van der Waals surface area contributed by atoms with Crippen LogP contribution in [0.2, 0.25) is 0 Å². The van der Waals surface area contributed by atoms with Crippen LogP contribution < -0.4 is 0 Å². The number of thiazole rings is 1. The minimum atomic E-state index is -0.0856. The molecule has 2 aliphatic carbocycles. The van der Waals surface area contributed by atoms with Gasteiger partial charge < -0.3 is 4.74 Å². The number of aromatic nitrogens is 1. The molecule has 0 aliphatic heterocycles. The second-order valence-electron chi connectivity index (χ2n) is 6.76. The van der Waals surface area contributed by atoms with Gasteiger partial charge in [0.1, 0.15) is 5.01 Å². The fourth-order valence-electron chi connectivity index (χ4n) is 3.96. The topological polar surface area (TPSA) is 39.2 Å². The number of benzene rings is 1. The zero-order valence-corrected chi connectivity index (χ0v) is 15.2. The maximum atomic E-state index is 12.2. The molecular weight excluding hydrogens is 330 g/mol. The van der Waals surface area contributed by atoms with E-state index in [1.807, 2.05) is 6.20 Å². The molecule has 1 aromatic heterocycles. The number of carbonyl (C=O) groups excluding carboxylic acids is 1. The van der Waals surface area contributed by atoms with Gasteiger partial charge in [0.2, 0.25) is 0 Å². The largest absolute Gasteiger partial charge is 0.469 e. The predicted octanol–water partition coefficient (Wildman–Crippen LogP) is 4.75. The Kier molecular flexibility index (Phi) is 4.30. The van der Waals surface area contributed by atoms with Crippen LogP contribution in [0.5, 0.6) is 0 Å². The molecule has 4 rings (SSSR count). The molecular formula is C21H21NO2S. The Morgan fingerprint density at radius 2 is 2.04 bits per heavy atom. The van der Waals surface area contributed by atoms with Gasteiger partial charge in [-0.3, -0.25) is 4.79 Å². The zero-order chi connectivity index (χ0) is 17.4. The van der Waals surface area contributed by atoms with E-state index in [1.165, 1.54) is 17.6 Å². The van der Waals surface area contributed by atoms with Crippen LogP contribution in [0.15, 0.2) is 54.8 Å². The Bertz CT molecular complexity index is 834. The van der Waals surface area contributed by atoms with E-state index in [4.69, 9.17) is 4.74 Å². The Labute approximate surface area is 152 Å². The van der Waals surface area contributed by atoms with Gasteiger partial charge in [0.15, 0.2) is 0 Å². The first kappa shape index (κ1) is 16.3. The number of carbonyl (C=O) groups is 1. The second-order valence-corrected chi connectivity index (χ2v) is 8.00. The second kappa shape index (κ2) is 6.60. The van der Waals surface area contributed by atoms with E-state index in [0.29, 0.717) is 11.8 Å². The van der Waals surface area contributed by atoms with Crippen molar-refractivity contribution in [1.29, 1.82) is 0 Å². The minimum absolute atomic E-state index is 0.0286. The lowest BCUT2D eigenvalue weighted by Crippen LogP contribution is -2.09. The van der Waals surface area contributed by atoms with Crippen LogP contribution in [0.4, 0.5) is 0 Å². The summed E-state index contributed by atoms with van der Waals surface area (Å²) in [6.45, 7) is 2.07. The predicted molar refractivity (Wildman–Crippen MR) is 100 cm³/mol. The summed E-state index contributed by atoms with van der Waals surface area (Å²) in [4.78, 5) is 17.9. The molecule has 4 heteroatoms. The van der Waals surface area contributed by atoms with E-state index in [9.17, 15) is 4.79 Å². The molecule has 0 N–H and O–H groups in total. The third-order valence-electron chi connectivity index (χ3n) is 5.22. The van der Waals surface area contributed by atoms with Gasteiger partial charge in [0, 0.05) is 22.6 Å². The van der Waals surface area contributed by atoms with Crippen molar-refractivity contribution >= 4 is 17.3 Å². The average molecular weight is 351 g/mol. The summed E-state index contributed by atoms with van der Waals surface area (Å²) >= 11 is 1.70. The SMILES string of the molecule is COC(=O)[C@H]1[C@H](c2ccc(-c3ncc(C)s3)cc2)[C@H]1C1C=CC=CC1. The summed E-state index contributed by atoms with van der Waals surface area (Å²) in [6.07, 6.45) is 11.5. The minimum Gasteiger partial charge on any atom is -0.469 e. The number of nitrogens with zero attached hydrogens (tertiary/aromatic N) is 1. The normalized spacial score (nSPS) is 27.3. The fraction of sp³-hybridized carbons (Fsp3) is 0.333. The Balaban J connectivity index is 1.57. The van der Waals surface area contributed by atoms with Crippen LogP contribution in [0.3, 0.4) is 0 Å². The average Bonchev–Trinajstić information content (AvgIpc) is 3.27. The lowest BCUT2D eigenvalue weighted by Gasteiger charge is -2.12. The van der Waals surface area contributed by atoms with E-state index in [0.717, 1.165) is 17.0 Å². The number of methoxy groups -OCH3 is 1. The Morgan fingerprint density at radius 1 is 1.24 bits per heavy atom. The molecule has 0 spiro atoms. The third-order valence-corrected chi connectivity index (χ3v) is 6.18. The maximum absolute atomic E-state index is 12.2. The van der Waals surface area contributed by atoms with Gasteiger partial charge in [0.25, 0.3) is 0 Å². The number of esters is 1. The number of hydrogen-bond donors (Lipinski definition) is 0. The molecule has 0 amide bonds. The summed E-state index contributed by atoms with van der Waals surface area (Å²) in [5.74, 6) is 0.888. The zero-order valence-electron chi connectivity index (χ0n) is 14.4. The molecule has 0 bridgehead atoms. The molecule has 128 valence electrons. The van der Waals surface area contributed by atoms with E-state index in [1.54, 1.807) is 11.3 Å². The molecule has 1 aromatic carbocycles. The third kappa shape index (κ3) is 3.07. The molecule has 25 heavy (non-hydrogen) atoms. The van der Waals surface area contributed by atoms with Crippen LogP contribution >= 0.6 is 11.3 Å². The Hall–Kier alpha value is -2.20. The van der Waals surface area contributed by atoms with Crippen LogP contribution in [0.1, 0.15) is 22.8 Å². The standard InChI is InChI=1S/C21H21NO2S/c1-13-12-22-20(25-13)16-10-8-15(9-11-16)18-17(19(18)21(23)24-2)14-6-4-3-5-7-14/h3-6,8-12,14,17-19H,7H2,1-2H3/t14?,17-,18-,19-/m1/s1. The summed E-state index contributed by atoms with van der Waals surface area (Å²) in [7, 11) is 1.49. The molecule has 3 nitrogen and oxygen atoms in total. The molecule has 4 atom stereocenters. The quantitative estimate of drug-likeness (QED) is 0.746. The van der Waals surface area contributed by atoms with Crippen LogP contribution in [0.25, 0.3) is 10.6 Å². The highest BCUT2D eigenvalue weighted by atomic mass is 32.1. The molecule has 1 saturated carbocycles. The number of aryl methyl sites for hydroxylation is 1. The van der Waals surface area contributed by atoms with Crippen molar-refractivity contribution in [2.45, 2.75) is 19.3 Å². The van der Waals surface area contributed by atoms with E-state index in [2.05, 4.69) is 60.5 Å². The van der Waals surface area contributed by atoms with E-state index in [-0.39, 0.29) is 17.8 Å². The highest BCUT2D eigenvalue weighted by Crippen LogP contribution is 2.59. The van der Waals surface area contributed by atoms with Crippen molar-refractivity contribution < 1.29 is 9.53 Å². The van der Waals surface area contributed by atoms with Gasteiger partial charge in [-0.05, 0) is 30.7 Å². The molecule has 2 aromatic rings. The van der Waals surface area contributed by atoms with Crippen LogP contribution in [0, 0.1) is 24.7 Å². The van der Waals surface area contributed by atoms with Crippen molar-refractivity contribution in [1.82, 2.24) is 4.98 Å². The number of allylic oxidation sites excluding steroid dienone is 4. The van der Waals surface area contributed by atoms with Crippen LogP contribution in [-0.4, -0.2) is 18.1 Å². The first-order valence-corrected chi connectivity index (χ1v) is 9.44. The summed E-state index contributed by atoms with van der Waals surface area (Å²) in [6, 6.07) is 8.53. The lowest BCUT2D eigenvalue weighted by molar-refractivity contribution is -0.142. The smallest absolute Gasteiger partial charge is 0.309 e. The molecule has 0 saturated heterocycles. The number of ether oxygens (including phenoxy) is 1. The van der Waals surface area contributed by atoms with Gasteiger partial charge >= 0.3 is 5.97 Å². The van der Waals surface area contributed by atoms with Crippen molar-refractivity contribution in [3.63, 3.8) is 0 Å². The van der Waals surface area contributed by atoms with Crippen molar-refractivity contribution in [2.24, 2.45) is 17.8 Å². The molecule has 0 radical (unpaired) electrons. The molecule has 1 unspecified atom stereocenters. The Morgan fingerprint density at radius 3 is 2.64 bits per heavy atom. The molecule has 1 heterocycles. The van der Waals surface area contributed by atoms with Crippen molar-refractivity contribution in [3.8, 4) is 10.6 Å². The van der Waals surface area contributed by atoms with Gasteiger partial charge in [-0.25, -0.2) is 4.98 Å². The molecule has 2 aliphatic rings. The summed E-state index contributed by atoms with van der Waals surface area (Å²) in [5, 5.41) is 1.04. The molecule has 1 fully saturated rings. The fourth-order valence-corrected chi connectivity index (χ4v) is 4.73. The summed E-state index contributed by atoms with van der Waals surface area (Å²) < 4.78 is 5.05. The van der Waals surface area contributed by atoms with Gasteiger partial charge in [-0.2, -0.15) is 0 Å². The number of hydrogen-bond acceptors (Lipinski definition) is 4. The maximum Gasteiger partial charge on any atom is 0.309 e. The van der Waals surface area contributed by atoms with Gasteiger partial charge in [-0.1, -0.05) is 48.6 Å². The van der Waals surface area contributed by atoms with Crippen LogP contribution in [-0.2, 0) is 9.53 Å². The van der Waals surface area contributed by atoms with Gasteiger partial charge in [0.05, 0.1) is 13.0 Å². The monoisotopic (exact) mass is 351 g/mol. The first-order chi connectivity index (χ1) is 12.2. The highest BCUT2D eigenvalue weighted by molar-refractivity contribution is 7.14. The van der Waals surface area contributed by atoms with E-state index < -0.39 is 0 Å². The van der Waals surface area contributed by atoms with Gasteiger partial charge in [-0.15, -0.1) is 11.3 Å². The van der Waals surface area contributed by atoms with Crippen molar-refractivity contribution in [2.75, 3.05) is 7.11 Å².